The van der Waals surface area contributed by atoms with E-state index in [0.717, 1.165) is 0 Å². The van der Waals surface area contributed by atoms with Crippen molar-refractivity contribution in [2.75, 3.05) is 20.7 Å². The standard InChI is InChI=1S/C29H25ClF2N4O5/c1-16-34-23-12-19(15-35(2)3)26(41-29(31)32)22(14-33)25(23)27(37)36(16)9-10-40-24-8-7-20(30)13-21(24)17-5-4-6-18(11-17)28(38)39/h4-8,11-13,29H,9-10,15H2,1-3H3,(H,38,39). The molecule has 9 nitrogen and oxygen atoms in total. The lowest BCUT2D eigenvalue weighted by Gasteiger charge is -2.19. The summed E-state index contributed by atoms with van der Waals surface area (Å²) in [5.41, 5.74) is 0.790. The average molecular weight is 583 g/mol. The van der Waals surface area contributed by atoms with Crippen LogP contribution in [0.5, 0.6) is 11.5 Å². The van der Waals surface area contributed by atoms with E-state index in [4.69, 9.17) is 21.1 Å². The van der Waals surface area contributed by atoms with Crippen molar-refractivity contribution in [2.24, 2.45) is 0 Å². The van der Waals surface area contributed by atoms with Gasteiger partial charge in [-0.1, -0.05) is 23.7 Å². The number of fused-ring (bicyclic) bond motifs is 1. The largest absolute Gasteiger partial charge is 0.491 e. The molecule has 0 aliphatic heterocycles. The summed E-state index contributed by atoms with van der Waals surface area (Å²) in [4.78, 5) is 31.2. The van der Waals surface area contributed by atoms with Crippen molar-refractivity contribution in [3.8, 4) is 28.7 Å². The first-order valence-electron chi connectivity index (χ1n) is 12.3. The lowest BCUT2D eigenvalue weighted by molar-refractivity contribution is -0.0508. The molecule has 0 unspecified atom stereocenters. The van der Waals surface area contributed by atoms with Crippen LogP contribution in [0.3, 0.4) is 0 Å². The second-order valence-electron chi connectivity index (χ2n) is 9.35. The van der Waals surface area contributed by atoms with Gasteiger partial charge in [-0.25, -0.2) is 9.78 Å². The van der Waals surface area contributed by atoms with Crippen molar-refractivity contribution in [2.45, 2.75) is 26.6 Å². The molecular weight excluding hydrogens is 558 g/mol. The van der Waals surface area contributed by atoms with Crippen LogP contribution in [-0.2, 0) is 13.1 Å². The molecule has 41 heavy (non-hydrogen) atoms. The first kappa shape index (κ1) is 29.5. The van der Waals surface area contributed by atoms with Crippen LogP contribution in [0, 0.1) is 18.3 Å². The van der Waals surface area contributed by atoms with Gasteiger partial charge in [0.1, 0.15) is 35.6 Å². The van der Waals surface area contributed by atoms with Gasteiger partial charge in [0.05, 0.1) is 23.0 Å². The third-order valence-corrected chi connectivity index (χ3v) is 6.44. The number of benzene rings is 3. The quantitative estimate of drug-likeness (QED) is 0.266. The smallest absolute Gasteiger partial charge is 0.387 e. The highest BCUT2D eigenvalue weighted by Crippen LogP contribution is 2.34. The Kier molecular flexibility index (Phi) is 8.86. The number of carbonyl (C=O) groups is 1. The van der Waals surface area contributed by atoms with Gasteiger partial charge in [0, 0.05) is 22.7 Å². The molecule has 0 radical (unpaired) electrons. The number of nitrogens with zero attached hydrogens (tertiary/aromatic N) is 4. The van der Waals surface area contributed by atoms with Crippen molar-refractivity contribution < 1.29 is 28.2 Å². The fourth-order valence-corrected chi connectivity index (χ4v) is 4.67. The second-order valence-corrected chi connectivity index (χ2v) is 9.79. The number of carboxylic acids is 1. The first-order chi connectivity index (χ1) is 19.5. The van der Waals surface area contributed by atoms with E-state index >= 15 is 0 Å². The summed E-state index contributed by atoms with van der Waals surface area (Å²) in [5.74, 6) is -0.708. The molecule has 0 spiro atoms. The first-order valence-corrected chi connectivity index (χ1v) is 12.7. The second kappa shape index (κ2) is 12.3. The van der Waals surface area contributed by atoms with E-state index in [1.54, 1.807) is 56.3 Å². The molecule has 1 N–H and O–H groups in total. The van der Waals surface area contributed by atoms with Crippen molar-refractivity contribution in [1.82, 2.24) is 14.5 Å². The fourth-order valence-electron chi connectivity index (χ4n) is 4.50. The number of alkyl halides is 2. The van der Waals surface area contributed by atoms with Crippen LogP contribution in [0.2, 0.25) is 5.02 Å². The van der Waals surface area contributed by atoms with E-state index in [9.17, 15) is 28.7 Å². The topological polar surface area (TPSA) is 118 Å². The molecule has 4 aromatic rings. The summed E-state index contributed by atoms with van der Waals surface area (Å²) < 4.78 is 38.5. The molecule has 212 valence electrons. The van der Waals surface area contributed by atoms with Gasteiger partial charge in [-0.15, -0.1) is 0 Å². The number of aryl methyl sites for hydroxylation is 1. The Morgan fingerprint density at radius 3 is 2.63 bits per heavy atom. The van der Waals surface area contributed by atoms with Crippen LogP contribution < -0.4 is 15.0 Å². The number of aromatic nitrogens is 2. The highest BCUT2D eigenvalue weighted by Gasteiger charge is 2.23. The number of rotatable bonds is 10. The monoisotopic (exact) mass is 582 g/mol. The lowest BCUT2D eigenvalue weighted by atomic mass is 10.0. The Hall–Kier alpha value is -4.53. The Labute approximate surface area is 238 Å². The molecule has 1 heterocycles. The van der Waals surface area contributed by atoms with Gasteiger partial charge in [0.25, 0.3) is 5.56 Å². The van der Waals surface area contributed by atoms with E-state index in [1.807, 2.05) is 6.07 Å². The van der Waals surface area contributed by atoms with E-state index in [1.165, 1.54) is 22.8 Å². The SMILES string of the molecule is Cc1nc2cc(CN(C)C)c(OC(F)F)c(C#N)c2c(=O)n1CCOc1ccc(Cl)cc1-c1cccc(C(=O)O)c1. The number of hydrogen-bond acceptors (Lipinski definition) is 7. The Morgan fingerprint density at radius 1 is 1.22 bits per heavy atom. The maximum Gasteiger partial charge on any atom is 0.387 e. The molecular formula is C29H25ClF2N4O5. The number of halogens is 3. The number of ether oxygens (including phenoxy) is 2. The van der Waals surface area contributed by atoms with Gasteiger partial charge in [0.15, 0.2) is 0 Å². The molecule has 0 fully saturated rings. The van der Waals surface area contributed by atoms with Crippen LogP contribution >= 0.6 is 11.6 Å². The molecule has 0 amide bonds. The summed E-state index contributed by atoms with van der Waals surface area (Å²) in [6.07, 6.45) is 0. The maximum absolute atomic E-state index is 13.6. The zero-order valence-electron chi connectivity index (χ0n) is 22.3. The highest BCUT2D eigenvalue weighted by atomic mass is 35.5. The van der Waals surface area contributed by atoms with Gasteiger partial charge in [0.2, 0.25) is 0 Å². The lowest BCUT2D eigenvalue weighted by Crippen LogP contribution is -2.27. The summed E-state index contributed by atoms with van der Waals surface area (Å²) in [5, 5.41) is 19.5. The minimum absolute atomic E-state index is 0.0117. The van der Waals surface area contributed by atoms with Crippen LogP contribution in [-0.4, -0.2) is 52.8 Å². The predicted octanol–water partition coefficient (Wildman–Crippen LogP) is 5.34. The molecule has 12 heteroatoms. The summed E-state index contributed by atoms with van der Waals surface area (Å²) in [6, 6.07) is 14.5. The Balaban J connectivity index is 1.71. The minimum atomic E-state index is -3.20. The van der Waals surface area contributed by atoms with Crippen molar-refractivity contribution in [3.05, 3.63) is 86.4 Å². The van der Waals surface area contributed by atoms with Crippen LogP contribution in [0.1, 0.15) is 27.3 Å². The predicted molar refractivity (Wildman–Crippen MR) is 149 cm³/mol. The number of nitriles is 1. The molecule has 0 saturated carbocycles. The van der Waals surface area contributed by atoms with E-state index in [-0.39, 0.29) is 47.5 Å². The van der Waals surface area contributed by atoms with Gasteiger partial charge in [-0.3, -0.25) is 9.36 Å². The van der Waals surface area contributed by atoms with Gasteiger partial charge >= 0.3 is 12.6 Å². The number of hydrogen-bond donors (Lipinski definition) is 1. The van der Waals surface area contributed by atoms with Crippen molar-refractivity contribution >= 4 is 28.5 Å². The molecule has 4 rings (SSSR count). The van der Waals surface area contributed by atoms with Crippen molar-refractivity contribution in [1.29, 1.82) is 5.26 Å². The number of aromatic carboxylic acids is 1. The molecule has 3 aromatic carbocycles. The van der Waals surface area contributed by atoms with Crippen LogP contribution in [0.25, 0.3) is 22.0 Å². The Bertz CT molecular complexity index is 1730. The summed E-state index contributed by atoms with van der Waals surface area (Å²) >= 11 is 6.20. The van der Waals surface area contributed by atoms with Gasteiger partial charge in [-0.05, 0) is 63.0 Å². The van der Waals surface area contributed by atoms with Crippen LogP contribution in [0.4, 0.5) is 8.78 Å². The third-order valence-electron chi connectivity index (χ3n) is 6.21. The molecule has 0 aliphatic carbocycles. The van der Waals surface area contributed by atoms with Crippen LogP contribution in [0.15, 0.2) is 53.3 Å². The fraction of sp³-hybridized carbons (Fsp3) is 0.241. The minimum Gasteiger partial charge on any atom is -0.491 e. The van der Waals surface area contributed by atoms with Gasteiger partial charge in [-0.2, -0.15) is 14.0 Å². The van der Waals surface area contributed by atoms with E-state index in [2.05, 4.69) is 4.98 Å². The zero-order chi connectivity index (χ0) is 29.8. The number of carboxylic acid groups (broad SMARTS) is 1. The third kappa shape index (κ3) is 6.45. The maximum atomic E-state index is 13.6. The normalized spacial score (nSPS) is 11.2. The zero-order valence-corrected chi connectivity index (χ0v) is 23.1. The Morgan fingerprint density at radius 2 is 1.98 bits per heavy atom. The highest BCUT2D eigenvalue weighted by molar-refractivity contribution is 6.31. The van der Waals surface area contributed by atoms with Crippen molar-refractivity contribution in [3.63, 3.8) is 0 Å². The molecule has 1 aromatic heterocycles. The summed E-state index contributed by atoms with van der Waals surface area (Å²) in [6.45, 7) is -1.39. The van der Waals surface area contributed by atoms with E-state index < -0.39 is 18.1 Å². The van der Waals surface area contributed by atoms with E-state index in [0.29, 0.717) is 33.3 Å². The van der Waals surface area contributed by atoms with Gasteiger partial charge < -0.3 is 19.5 Å². The molecule has 0 atom stereocenters. The summed E-state index contributed by atoms with van der Waals surface area (Å²) in [7, 11) is 3.46. The molecule has 0 bridgehead atoms. The average Bonchev–Trinajstić information content (AvgIpc) is 2.91. The molecule has 0 saturated heterocycles. The molecule has 0 aliphatic rings.